The van der Waals surface area contributed by atoms with Crippen molar-refractivity contribution in [3.05, 3.63) is 53.4 Å². The summed E-state index contributed by atoms with van der Waals surface area (Å²) in [5.74, 6) is 1.76. The van der Waals surface area contributed by atoms with E-state index in [1.54, 1.807) is 6.07 Å². The van der Waals surface area contributed by atoms with Crippen molar-refractivity contribution in [1.82, 2.24) is 4.98 Å². The minimum absolute atomic E-state index is 0.166. The van der Waals surface area contributed by atoms with Crippen molar-refractivity contribution in [2.24, 2.45) is 0 Å². The Morgan fingerprint density at radius 1 is 1.21 bits per heavy atom. The summed E-state index contributed by atoms with van der Waals surface area (Å²) < 4.78 is 16.8. The number of carbonyl (C=O) groups is 1. The highest BCUT2D eigenvalue weighted by Crippen LogP contribution is 2.33. The van der Waals surface area contributed by atoms with E-state index in [-0.39, 0.29) is 12.5 Å². The number of hydrogen-bond donors (Lipinski definition) is 1. The fraction of sp³-hybridized carbons (Fsp3) is 0.238. The summed E-state index contributed by atoms with van der Waals surface area (Å²) in [6.45, 7) is 4.73. The predicted octanol–water partition coefficient (Wildman–Crippen LogP) is 4.30. The third-order valence-electron chi connectivity index (χ3n) is 4.27. The molecule has 0 fully saturated rings. The molecule has 1 N–H and O–H groups in total. The van der Waals surface area contributed by atoms with Crippen molar-refractivity contribution in [2.75, 3.05) is 18.5 Å². The zero-order chi connectivity index (χ0) is 19.5. The first-order chi connectivity index (χ1) is 13.6. The number of para-hydroxylation sites is 2. The van der Waals surface area contributed by atoms with E-state index in [2.05, 4.69) is 10.3 Å². The summed E-state index contributed by atoms with van der Waals surface area (Å²) in [6, 6.07) is 15.1. The summed E-state index contributed by atoms with van der Waals surface area (Å²) in [5, 5.41) is 3.38. The third kappa shape index (κ3) is 3.80. The molecular weight excluding hydrogens is 376 g/mol. The van der Waals surface area contributed by atoms with Gasteiger partial charge in [0.1, 0.15) is 12.4 Å². The molecule has 2 aromatic carbocycles. The molecule has 1 atom stereocenters. The average Bonchev–Trinajstić information content (AvgIpc) is 3.08. The fourth-order valence-corrected chi connectivity index (χ4v) is 3.77. The van der Waals surface area contributed by atoms with Crippen molar-refractivity contribution >= 4 is 22.4 Å². The van der Waals surface area contributed by atoms with Crippen LogP contribution < -0.4 is 19.5 Å². The lowest BCUT2D eigenvalue weighted by Crippen LogP contribution is -2.40. The van der Waals surface area contributed by atoms with Gasteiger partial charge >= 0.3 is 0 Å². The summed E-state index contributed by atoms with van der Waals surface area (Å²) in [6.07, 6.45) is -0.715. The van der Waals surface area contributed by atoms with Crippen LogP contribution in [0.25, 0.3) is 11.3 Å². The Kier molecular flexibility index (Phi) is 5.16. The summed E-state index contributed by atoms with van der Waals surface area (Å²) in [7, 11) is 0. The van der Waals surface area contributed by atoms with Crippen LogP contribution in [0.15, 0.2) is 48.5 Å². The number of amides is 1. The SMILES string of the molecule is CCOc1ccc(-c2nc(NC(=O)C3COc4ccccc4O3)sc2C)cc1. The zero-order valence-corrected chi connectivity index (χ0v) is 16.4. The molecule has 1 unspecified atom stereocenters. The summed E-state index contributed by atoms with van der Waals surface area (Å²) >= 11 is 1.43. The number of aryl methyl sites for hydroxylation is 1. The van der Waals surface area contributed by atoms with Gasteiger partial charge in [0, 0.05) is 10.4 Å². The quantitative estimate of drug-likeness (QED) is 0.696. The van der Waals surface area contributed by atoms with Gasteiger partial charge in [-0.3, -0.25) is 10.1 Å². The molecule has 1 aliphatic heterocycles. The molecule has 0 aliphatic carbocycles. The molecule has 4 rings (SSSR count). The number of anilines is 1. The van der Waals surface area contributed by atoms with E-state index in [0.29, 0.717) is 23.2 Å². The number of ether oxygens (including phenoxy) is 3. The van der Waals surface area contributed by atoms with E-state index >= 15 is 0 Å². The van der Waals surface area contributed by atoms with Crippen LogP contribution in [0.3, 0.4) is 0 Å². The van der Waals surface area contributed by atoms with Gasteiger partial charge in [-0.05, 0) is 50.2 Å². The second-order valence-electron chi connectivity index (χ2n) is 6.23. The molecule has 28 heavy (non-hydrogen) atoms. The number of benzene rings is 2. The van der Waals surface area contributed by atoms with Gasteiger partial charge in [0.25, 0.3) is 5.91 Å². The molecule has 0 saturated heterocycles. The highest BCUT2D eigenvalue weighted by atomic mass is 32.1. The van der Waals surface area contributed by atoms with Crippen LogP contribution in [0, 0.1) is 6.92 Å². The third-order valence-corrected chi connectivity index (χ3v) is 5.15. The number of aromatic nitrogens is 1. The first kappa shape index (κ1) is 18.3. The number of thiazole rings is 1. The highest BCUT2D eigenvalue weighted by molar-refractivity contribution is 7.16. The average molecular weight is 396 g/mol. The Labute approximate surface area is 167 Å². The van der Waals surface area contributed by atoms with Crippen LogP contribution >= 0.6 is 11.3 Å². The first-order valence-corrected chi connectivity index (χ1v) is 9.85. The lowest BCUT2D eigenvalue weighted by molar-refractivity contribution is -0.125. The molecule has 0 bridgehead atoms. The molecule has 1 amide bonds. The molecule has 7 heteroatoms. The monoisotopic (exact) mass is 396 g/mol. The maximum Gasteiger partial charge on any atom is 0.270 e. The minimum atomic E-state index is -0.715. The van der Waals surface area contributed by atoms with Gasteiger partial charge in [0.15, 0.2) is 16.6 Å². The molecule has 0 radical (unpaired) electrons. The van der Waals surface area contributed by atoms with Gasteiger partial charge < -0.3 is 14.2 Å². The lowest BCUT2D eigenvalue weighted by atomic mass is 10.1. The van der Waals surface area contributed by atoms with Crippen LogP contribution in [-0.2, 0) is 4.79 Å². The molecule has 0 saturated carbocycles. The van der Waals surface area contributed by atoms with Gasteiger partial charge in [-0.25, -0.2) is 4.98 Å². The predicted molar refractivity (Wildman–Crippen MR) is 108 cm³/mol. The second kappa shape index (κ2) is 7.90. The number of nitrogens with one attached hydrogen (secondary N) is 1. The smallest absolute Gasteiger partial charge is 0.270 e. The van der Waals surface area contributed by atoms with Crippen molar-refractivity contribution in [3.63, 3.8) is 0 Å². The number of hydrogen-bond acceptors (Lipinski definition) is 6. The van der Waals surface area contributed by atoms with Gasteiger partial charge in [-0.1, -0.05) is 12.1 Å². The highest BCUT2D eigenvalue weighted by Gasteiger charge is 2.28. The van der Waals surface area contributed by atoms with Crippen LogP contribution in [-0.4, -0.2) is 30.2 Å². The lowest BCUT2D eigenvalue weighted by Gasteiger charge is -2.25. The second-order valence-corrected chi connectivity index (χ2v) is 7.44. The molecule has 3 aromatic rings. The van der Waals surface area contributed by atoms with Crippen molar-refractivity contribution in [1.29, 1.82) is 0 Å². The Hall–Kier alpha value is -3.06. The van der Waals surface area contributed by atoms with Crippen molar-refractivity contribution in [2.45, 2.75) is 20.0 Å². The van der Waals surface area contributed by atoms with E-state index in [1.807, 2.05) is 56.3 Å². The number of rotatable bonds is 5. The van der Waals surface area contributed by atoms with Gasteiger partial charge in [-0.2, -0.15) is 0 Å². The van der Waals surface area contributed by atoms with Crippen LogP contribution in [0.2, 0.25) is 0 Å². The topological polar surface area (TPSA) is 69.7 Å². The molecule has 1 aliphatic rings. The Bertz CT molecular complexity index is 984. The van der Waals surface area contributed by atoms with E-state index < -0.39 is 6.10 Å². The molecule has 2 heterocycles. The van der Waals surface area contributed by atoms with Crippen LogP contribution in [0.5, 0.6) is 17.2 Å². The van der Waals surface area contributed by atoms with Gasteiger partial charge in [-0.15, -0.1) is 11.3 Å². The Morgan fingerprint density at radius 2 is 1.96 bits per heavy atom. The number of fused-ring (bicyclic) bond motifs is 1. The summed E-state index contributed by atoms with van der Waals surface area (Å²) in [4.78, 5) is 18.2. The Balaban J connectivity index is 1.46. The first-order valence-electron chi connectivity index (χ1n) is 9.04. The summed E-state index contributed by atoms with van der Waals surface area (Å²) in [5.41, 5.74) is 1.82. The number of nitrogens with zero attached hydrogens (tertiary/aromatic N) is 1. The molecule has 0 spiro atoms. The van der Waals surface area contributed by atoms with Gasteiger partial charge in [0.05, 0.1) is 12.3 Å². The minimum Gasteiger partial charge on any atom is -0.494 e. The molecule has 1 aromatic heterocycles. The van der Waals surface area contributed by atoms with Crippen molar-refractivity contribution < 1.29 is 19.0 Å². The van der Waals surface area contributed by atoms with Gasteiger partial charge in [0.2, 0.25) is 6.10 Å². The normalized spacial score (nSPS) is 15.1. The number of carbonyl (C=O) groups excluding carboxylic acids is 1. The molecule has 6 nitrogen and oxygen atoms in total. The van der Waals surface area contributed by atoms with Crippen LogP contribution in [0.1, 0.15) is 11.8 Å². The van der Waals surface area contributed by atoms with Crippen molar-refractivity contribution in [3.8, 4) is 28.5 Å². The van der Waals surface area contributed by atoms with E-state index in [4.69, 9.17) is 14.2 Å². The largest absolute Gasteiger partial charge is 0.494 e. The standard InChI is InChI=1S/C21H20N2O4S/c1-3-25-15-10-8-14(9-11-15)19-13(2)28-21(22-19)23-20(24)18-12-26-16-6-4-5-7-17(16)27-18/h4-11,18H,3,12H2,1-2H3,(H,22,23,24). The molecular formula is C21H20N2O4S. The van der Waals surface area contributed by atoms with E-state index in [9.17, 15) is 4.79 Å². The Morgan fingerprint density at radius 3 is 2.71 bits per heavy atom. The zero-order valence-electron chi connectivity index (χ0n) is 15.6. The fourth-order valence-electron chi connectivity index (χ4n) is 2.93. The van der Waals surface area contributed by atoms with E-state index in [0.717, 1.165) is 21.9 Å². The maximum absolute atomic E-state index is 12.6. The maximum atomic E-state index is 12.6. The van der Waals surface area contributed by atoms with Crippen LogP contribution in [0.4, 0.5) is 5.13 Å². The van der Waals surface area contributed by atoms with E-state index in [1.165, 1.54) is 11.3 Å². The molecule has 144 valence electrons.